The topological polar surface area (TPSA) is 110 Å². The van der Waals surface area contributed by atoms with Gasteiger partial charge in [-0.1, -0.05) is 0 Å². The lowest BCUT2D eigenvalue weighted by molar-refractivity contribution is 0.0634. The lowest BCUT2D eigenvalue weighted by atomic mass is 10.1. The van der Waals surface area contributed by atoms with E-state index in [0.717, 1.165) is 0 Å². The molecule has 0 bridgehead atoms. The van der Waals surface area contributed by atoms with Gasteiger partial charge in [0.25, 0.3) is 0 Å². The minimum absolute atomic E-state index is 0.123. The molecule has 1 heterocycles. The molecule has 0 fully saturated rings. The molecular formula is C12H20N4O3. The fraction of sp³-hybridized carbons (Fsp3) is 0.583. The number of aromatic nitrogens is 2. The van der Waals surface area contributed by atoms with Crippen molar-refractivity contribution in [3.8, 4) is 0 Å². The highest BCUT2D eigenvalue weighted by atomic mass is 16.6. The minimum atomic E-state index is -0.694. The smallest absolute Gasteiger partial charge is 0.414 e. The van der Waals surface area contributed by atoms with E-state index in [1.165, 1.54) is 12.4 Å². The molecule has 0 aliphatic carbocycles. The summed E-state index contributed by atoms with van der Waals surface area (Å²) in [4.78, 5) is 19.3. The van der Waals surface area contributed by atoms with Gasteiger partial charge in [-0.3, -0.25) is 5.32 Å². The van der Waals surface area contributed by atoms with Gasteiger partial charge in [-0.2, -0.15) is 0 Å². The first-order valence-corrected chi connectivity index (χ1v) is 6.02. The molecule has 0 saturated carbocycles. The summed E-state index contributed by atoms with van der Waals surface area (Å²) in [6.45, 7) is 5.66. The number of aliphatic hydroxyl groups is 1. The lowest BCUT2D eigenvalue weighted by Crippen LogP contribution is -2.27. The van der Waals surface area contributed by atoms with E-state index in [1.54, 1.807) is 20.8 Å². The van der Waals surface area contributed by atoms with E-state index < -0.39 is 17.8 Å². The molecule has 0 aromatic carbocycles. The van der Waals surface area contributed by atoms with E-state index in [2.05, 4.69) is 15.3 Å². The number of carbonyl (C=O) groups is 1. The highest BCUT2D eigenvalue weighted by molar-refractivity contribution is 5.82. The SMILES string of the molecule is CC(C)(C)OC(=O)Nc1ncc(C(O)CCN)cn1. The monoisotopic (exact) mass is 268 g/mol. The maximum Gasteiger partial charge on any atom is 0.414 e. The molecule has 1 unspecified atom stereocenters. The Bertz CT molecular complexity index is 414. The standard InChI is InChI=1S/C12H20N4O3/c1-12(2,3)19-11(18)16-10-14-6-8(7-15-10)9(17)4-5-13/h6-7,9,17H,4-5,13H2,1-3H3,(H,14,15,16,18). The summed E-state index contributed by atoms with van der Waals surface area (Å²) in [5, 5.41) is 12.1. The molecule has 1 aromatic heterocycles. The number of nitrogens with two attached hydrogens (primary N) is 1. The maximum atomic E-state index is 11.5. The zero-order valence-electron chi connectivity index (χ0n) is 11.4. The summed E-state index contributed by atoms with van der Waals surface area (Å²) in [6.07, 6.45) is 2.01. The van der Waals surface area contributed by atoms with Crippen LogP contribution in [-0.4, -0.2) is 33.3 Å². The zero-order chi connectivity index (χ0) is 14.5. The normalized spacial score (nSPS) is 12.9. The van der Waals surface area contributed by atoms with E-state index in [4.69, 9.17) is 10.5 Å². The summed E-state index contributed by atoms with van der Waals surface area (Å²) < 4.78 is 5.06. The first-order chi connectivity index (χ1) is 8.81. The first kappa shape index (κ1) is 15.3. The molecule has 1 atom stereocenters. The van der Waals surface area contributed by atoms with Gasteiger partial charge in [0.2, 0.25) is 5.95 Å². The highest BCUT2D eigenvalue weighted by Crippen LogP contribution is 2.14. The Labute approximate surface area is 112 Å². The largest absolute Gasteiger partial charge is 0.444 e. The average Bonchev–Trinajstić information content (AvgIpc) is 2.27. The third kappa shape index (κ3) is 5.62. The minimum Gasteiger partial charge on any atom is -0.444 e. The Morgan fingerprint density at radius 2 is 2.05 bits per heavy atom. The summed E-state index contributed by atoms with van der Waals surface area (Å²) in [7, 11) is 0. The van der Waals surface area contributed by atoms with Crippen molar-refractivity contribution in [1.82, 2.24) is 9.97 Å². The molecule has 1 rings (SSSR count). The molecule has 0 radical (unpaired) electrons. The predicted molar refractivity (Wildman–Crippen MR) is 70.5 cm³/mol. The number of nitrogens with one attached hydrogen (secondary N) is 1. The third-order valence-electron chi connectivity index (χ3n) is 2.11. The predicted octanol–water partition coefficient (Wildman–Crippen LogP) is 1.21. The second kappa shape index (κ2) is 6.44. The van der Waals surface area contributed by atoms with Gasteiger partial charge in [-0.15, -0.1) is 0 Å². The van der Waals surface area contributed by atoms with E-state index in [9.17, 15) is 9.90 Å². The molecule has 0 saturated heterocycles. The third-order valence-corrected chi connectivity index (χ3v) is 2.11. The van der Waals surface area contributed by atoms with Gasteiger partial charge in [0.15, 0.2) is 0 Å². The molecule has 106 valence electrons. The van der Waals surface area contributed by atoms with Gasteiger partial charge < -0.3 is 15.6 Å². The Hall–Kier alpha value is -1.73. The van der Waals surface area contributed by atoms with Crippen LogP contribution in [0.4, 0.5) is 10.7 Å². The van der Waals surface area contributed by atoms with Crippen molar-refractivity contribution >= 4 is 12.0 Å². The molecule has 4 N–H and O–H groups in total. The van der Waals surface area contributed by atoms with Crippen LogP contribution in [0.15, 0.2) is 12.4 Å². The van der Waals surface area contributed by atoms with Gasteiger partial charge in [0.1, 0.15) is 5.60 Å². The Morgan fingerprint density at radius 1 is 1.47 bits per heavy atom. The molecule has 1 amide bonds. The van der Waals surface area contributed by atoms with Crippen molar-refractivity contribution in [2.75, 3.05) is 11.9 Å². The lowest BCUT2D eigenvalue weighted by Gasteiger charge is -2.19. The quantitative estimate of drug-likeness (QED) is 0.757. The summed E-state index contributed by atoms with van der Waals surface area (Å²) >= 11 is 0. The van der Waals surface area contributed by atoms with Crippen LogP contribution in [0.25, 0.3) is 0 Å². The van der Waals surface area contributed by atoms with E-state index in [1.807, 2.05) is 0 Å². The second-order valence-electron chi connectivity index (χ2n) is 5.06. The average molecular weight is 268 g/mol. The molecule has 7 nitrogen and oxygen atoms in total. The number of amides is 1. The number of nitrogens with zero attached hydrogens (tertiary/aromatic N) is 2. The van der Waals surface area contributed by atoms with Crippen LogP contribution >= 0.6 is 0 Å². The Kier molecular flexibility index (Phi) is 5.20. The van der Waals surface area contributed by atoms with Crippen LogP contribution in [0.1, 0.15) is 38.9 Å². The summed E-state index contributed by atoms with van der Waals surface area (Å²) in [5.74, 6) is 0.123. The summed E-state index contributed by atoms with van der Waals surface area (Å²) in [6, 6.07) is 0. The maximum absolute atomic E-state index is 11.5. The van der Waals surface area contributed by atoms with Crippen molar-refractivity contribution in [3.63, 3.8) is 0 Å². The zero-order valence-corrected chi connectivity index (χ0v) is 11.4. The molecule has 0 aliphatic heterocycles. The van der Waals surface area contributed by atoms with Gasteiger partial charge in [-0.05, 0) is 33.7 Å². The van der Waals surface area contributed by atoms with Gasteiger partial charge in [0.05, 0.1) is 6.10 Å². The number of ether oxygens (including phenoxy) is 1. The Balaban J connectivity index is 2.59. The van der Waals surface area contributed by atoms with Crippen LogP contribution in [0.2, 0.25) is 0 Å². The van der Waals surface area contributed by atoms with Crippen LogP contribution in [0, 0.1) is 0 Å². The van der Waals surface area contributed by atoms with Crippen molar-refractivity contribution in [3.05, 3.63) is 18.0 Å². The van der Waals surface area contributed by atoms with Gasteiger partial charge in [-0.25, -0.2) is 14.8 Å². The summed E-state index contributed by atoms with van der Waals surface area (Å²) in [5.41, 5.74) is 5.32. The number of hydrogen-bond acceptors (Lipinski definition) is 6. The van der Waals surface area contributed by atoms with E-state index in [-0.39, 0.29) is 5.95 Å². The fourth-order valence-electron chi connectivity index (χ4n) is 1.29. The van der Waals surface area contributed by atoms with Crippen LogP contribution in [0.5, 0.6) is 0 Å². The Morgan fingerprint density at radius 3 is 2.53 bits per heavy atom. The molecule has 7 heteroatoms. The highest BCUT2D eigenvalue weighted by Gasteiger charge is 2.17. The van der Waals surface area contributed by atoms with Gasteiger partial charge in [0, 0.05) is 18.0 Å². The van der Waals surface area contributed by atoms with Crippen LogP contribution in [0.3, 0.4) is 0 Å². The van der Waals surface area contributed by atoms with Crippen LogP contribution in [-0.2, 0) is 4.74 Å². The number of carbonyl (C=O) groups excluding carboxylic acids is 1. The van der Waals surface area contributed by atoms with Crippen molar-refractivity contribution < 1.29 is 14.6 Å². The van der Waals surface area contributed by atoms with E-state index in [0.29, 0.717) is 18.5 Å². The van der Waals surface area contributed by atoms with Crippen molar-refractivity contribution in [2.45, 2.75) is 38.9 Å². The molecule has 0 spiro atoms. The number of aliphatic hydroxyl groups excluding tert-OH is 1. The fourth-order valence-corrected chi connectivity index (χ4v) is 1.29. The number of rotatable bonds is 4. The molecule has 19 heavy (non-hydrogen) atoms. The molecular weight excluding hydrogens is 248 g/mol. The van der Waals surface area contributed by atoms with Crippen molar-refractivity contribution in [2.24, 2.45) is 5.73 Å². The number of hydrogen-bond donors (Lipinski definition) is 3. The van der Waals surface area contributed by atoms with Crippen LogP contribution < -0.4 is 11.1 Å². The number of anilines is 1. The first-order valence-electron chi connectivity index (χ1n) is 6.02. The molecule has 0 aliphatic rings. The van der Waals surface area contributed by atoms with E-state index >= 15 is 0 Å². The molecule has 1 aromatic rings. The van der Waals surface area contributed by atoms with Gasteiger partial charge >= 0.3 is 6.09 Å². The van der Waals surface area contributed by atoms with Crippen molar-refractivity contribution in [1.29, 1.82) is 0 Å². The second-order valence-corrected chi connectivity index (χ2v) is 5.06.